The lowest BCUT2D eigenvalue weighted by Gasteiger charge is -2.16. The zero-order valence-electron chi connectivity index (χ0n) is 14.6. The summed E-state index contributed by atoms with van der Waals surface area (Å²) in [7, 11) is 1.64. The number of aromatic amines is 1. The van der Waals surface area contributed by atoms with E-state index in [4.69, 9.17) is 0 Å². The fourth-order valence-electron chi connectivity index (χ4n) is 3.77. The number of likely N-dealkylation sites (tertiary alicyclic amines) is 1. The van der Waals surface area contributed by atoms with Crippen molar-refractivity contribution in [2.45, 2.75) is 18.9 Å². The van der Waals surface area contributed by atoms with Gasteiger partial charge in [0.25, 0.3) is 5.91 Å². The van der Waals surface area contributed by atoms with Gasteiger partial charge in [-0.2, -0.15) is 5.26 Å². The molecular formula is C21H20N4O. The van der Waals surface area contributed by atoms with Crippen LogP contribution in [-0.2, 0) is 0 Å². The van der Waals surface area contributed by atoms with E-state index in [1.807, 2.05) is 47.4 Å². The number of benzene rings is 2. The minimum Gasteiger partial charge on any atom is -0.357 e. The van der Waals surface area contributed by atoms with Crippen molar-refractivity contribution < 1.29 is 4.79 Å². The van der Waals surface area contributed by atoms with Gasteiger partial charge in [0.05, 0.1) is 6.04 Å². The maximum absolute atomic E-state index is 12.5. The van der Waals surface area contributed by atoms with Gasteiger partial charge in [0.2, 0.25) is 0 Å². The highest BCUT2D eigenvalue weighted by molar-refractivity contribution is 6.08. The number of hydrogen-bond acceptors (Lipinski definition) is 3. The number of hydrogen-bond donors (Lipinski definition) is 2. The van der Waals surface area contributed by atoms with Gasteiger partial charge in [-0.15, -0.1) is 0 Å². The van der Waals surface area contributed by atoms with Gasteiger partial charge < -0.3 is 15.2 Å². The van der Waals surface area contributed by atoms with Crippen LogP contribution in [0.15, 0.2) is 48.5 Å². The summed E-state index contributed by atoms with van der Waals surface area (Å²) >= 11 is 0. The van der Waals surface area contributed by atoms with Crippen molar-refractivity contribution in [2.75, 3.05) is 13.6 Å². The van der Waals surface area contributed by atoms with E-state index < -0.39 is 0 Å². The molecule has 1 aliphatic rings. The first-order chi connectivity index (χ1) is 12.7. The molecule has 0 radical (unpaired) electrons. The van der Waals surface area contributed by atoms with Crippen LogP contribution < -0.4 is 5.32 Å². The molecule has 4 rings (SSSR count). The normalized spacial score (nSPS) is 16.6. The highest BCUT2D eigenvalue weighted by Gasteiger charge is 2.27. The lowest BCUT2D eigenvalue weighted by atomic mass is 9.99. The number of amides is 1. The molecule has 0 spiro atoms. The van der Waals surface area contributed by atoms with E-state index in [2.05, 4.69) is 22.6 Å². The van der Waals surface area contributed by atoms with Gasteiger partial charge in [0.1, 0.15) is 0 Å². The average molecular weight is 344 g/mol. The van der Waals surface area contributed by atoms with Gasteiger partial charge in [-0.25, -0.2) is 0 Å². The summed E-state index contributed by atoms with van der Waals surface area (Å²) < 4.78 is 0. The summed E-state index contributed by atoms with van der Waals surface area (Å²) in [5.74, 6) is -0.109. The Hall–Kier alpha value is -3.26. The number of nitriles is 1. The van der Waals surface area contributed by atoms with Crippen LogP contribution in [0.3, 0.4) is 0 Å². The Bertz CT molecular complexity index is 1000. The third-order valence-electron chi connectivity index (χ3n) is 5.08. The molecule has 130 valence electrons. The van der Waals surface area contributed by atoms with E-state index in [9.17, 15) is 10.1 Å². The minimum atomic E-state index is -0.109. The van der Waals surface area contributed by atoms with Crippen molar-refractivity contribution in [1.82, 2.24) is 15.2 Å². The molecular weight excluding hydrogens is 324 g/mol. The van der Waals surface area contributed by atoms with Crippen molar-refractivity contribution in [1.29, 1.82) is 5.26 Å². The van der Waals surface area contributed by atoms with E-state index in [-0.39, 0.29) is 11.9 Å². The maximum atomic E-state index is 12.5. The molecule has 2 heterocycles. The molecule has 5 heteroatoms. The fraction of sp³-hybridized carbons (Fsp3) is 0.238. The Morgan fingerprint density at radius 3 is 2.77 bits per heavy atom. The molecule has 3 aromatic rings. The number of aromatic nitrogens is 1. The Balaban J connectivity index is 1.88. The predicted octanol–water partition coefficient (Wildman–Crippen LogP) is 3.81. The number of carbonyl (C=O) groups is 1. The SMILES string of the molecule is CNC(=O)c1cc(-c2ccccc2)cc2[nH]c([C@@H]3CCCN3C#N)cc12. The van der Waals surface area contributed by atoms with Crippen molar-refractivity contribution in [3.05, 3.63) is 59.8 Å². The van der Waals surface area contributed by atoms with Gasteiger partial charge >= 0.3 is 0 Å². The fourth-order valence-corrected chi connectivity index (χ4v) is 3.77. The van der Waals surface area contributed by atoms with Crippen LogP contribution in [-0.4, -0.2) is 29.4 Å². The van der Waals surface area contributed by atoms with E-state index in [1.165, 1.54) is 0 Å². The molecule has 1 fully saturated rings. The summed E-state index contributed by atoms with van der Waals surface area (Å²) in [6.45, 7) is 0.786. The monoisotopic (exact) mass is 344 g/mol. The van der Waals surface area contributed by atoms with Crippen molar-refractivity contribution >= 4 is 16.8 Å². The van der Waals surface area contributed by atoms with Crippen molar-refractivity contribution in [2.24, 2.45) is 0 Å². The number of carbonyl (C=O) groups excluding carboxylic acids is 1. The molecule has 2 aromatic carbocycles. The van der Waals surface area contributed by atoms with Crippen LogP contribution in [0, 0.1) is 11.5 Å². The van der Waals surface area contributed by atoms with Crippen LogP contribution in [0.25, 0.3) is 22.0 Å². The highest BCUT2D eigenvalue weighted by atomic mass is 16.1. The predicted molar refractivity (Wildman–Crippen MR) is 101 cm³/mol. The summed E-state index contributed by atoms with van der Waals surface area (Å²) in [5, 5.41) is 13.0. The summed E-state index contributed by atoms with van der Waals surface area (Å²) in [6, 6.07) is 16.1. The third-order valence-corrected chi connectivity index (χ3v) is 5.08. The van der Waals surface area contributed by atoms with Gasteiger partial charge in [0, 0.05) is 35.8 Å². The first kappa shape index (κ1) is 16.2. The molecule has 5 nitrogen and oxygen atoms in total. The molecule has 0 unspecified atom stereocenters. The van der Waals surface area contributed by atoms with Gasteiger partial charge in [-0.05, 0) is 42.2 Å². The molecule has 26 heavy (non-hydrogen) atoms. The Morgan fingerprint density at radius 1 is 1.23 bits per heavy atom. The minimum absolute atomic E-state index is 0.0603. The number of nitrogens with zero attached hydrogens (tertiary/aromatic N) is 2. The van der Waals surface area contributed by atoms with E-state index in [0.29, 0.717) is 5.56 Å². The Kier molecular flexibility index (Phi) is 4.10. The Morgan fingerprint density at radius 2 is 2.04 bits per heavy atom. The largest absolute Gasteiger partial charge is 0.357 e. The van der Waals surface area contributed by atoms with Crippen molar-refractivity contribution in [3.8, 4) is 17.3 Å². The lowest BCUT2D eigenvalue weighted by Crippen LogP contribution is -2.18. The molecule has 0 aliphatic carbocycles. The molecule has 0 bridgehead atoms. The second kappa shape index (κ2) is 6.57. The third kappa shape index (κ3) is 2.70. The van der Waals surface area contributed by atoms with Gasteiger partial charge in [0.15, 0.2) is 6.19 Å². The zero-order valence-corrected chi connectivity index (χ0v) is 14.6. The van der Waals surface area contributed by atoms with E-state index >= 15 is 0 Å². The second-order valence-corrected chi connectivity index (χ2v) is 6.61. The molecule has 1 aliphatic heterocycles. The molecule has 1 saturated heterocycles. The standard InChI is InChI=1S/C21H20N4O/c1-23-21(26)17-10-15(14-6-3-2-4-7-14)11-18-16(17)12-19(24-18)20-8-5-9-25(20)13-22/h2-4,6-7,10-12,20,24H,5,8-9H2,1H3,(H,23,26)/t20-/m0/s1. The maximum Gasteiger partial charge on any atom is 0.251 e. The van der Waals surface area contributed by atoms with Crippen LogP contribution in [0.1, 0.15) is 34.9 Å². The number of fused-ring (bicyclic) bond motifs is 1. The molecule has 1 aromatic heterocycles. The van der Waals surface area contributed by atoms with Crippen molar-refractivity contribution in [3.63, 3.8) is 0 Å². The van der Waals surface area contributed by atoms with Gasteiger partial charge in [-0.1, -0.05) is 30.3 Å². The quantitative estimate of drug-likeness (QED) is 0.710. The molecule has 1 atom stereocenters. The molecule has 2 N–H and O–H groups in total. The molecule has 1 amide bonds. The summed E-state index contributed by atoms with van der Waals surface area (Å²) in [5.41, 5.74) is 4.62. The van der Waals surface area contributed by atoms with E-state index in [1.54, 1.807) is 7.05 Å². The highest BCUT2D eigenvalue weighted by Crippen LogP contribution is 2.35. The second-order valence-electron chi connectivity index (χ2n) is 6.61. The topological polar surface area (TPSA) is 71.9 Å². The number of rotatable bonds is 3. The summed E-state index contributed by atoms with van der Waals surface area (Å²) in [4.78, 5) is 17.7. The number of H-pyrrole nitrogens is 1. The Labute approximate surface area is 152 Å². The zero-order chi connectivity index (χ0) is 18.1. The molecule has 0 saturated carbocycles. The van der Waals surface area contributed by atoms with Gasteiger partial charge in [-0.3, -0.25) is 4.79 Å². The van der Waals surface area contributed by atoms with Crippen LogP contribution in [0.5, 0.6) is 0 Å². The number of nitrogens with one attached hydrogen (secondary N) is 2. The van der Waals surface area contributed by atoms with E-state index in [0.717, 1.165) is 47.1 Å². The van der Waals surface area contributed by atoms with Crippen LogP contribution in [0.4, 0.5) is 0 Å². The van der Waals surface area contributed by atoms with Crippen LogP contribution >= 0.6 is 0 Å². The first-order valence-corrected chi connectivity index (χ1v) is 8.82. The first-order valence-electron chi connectivity index (χ1n) is 8.82. The average Bonchev–Trinajstić information content (AvgIpc) is 3.33. The van der Waals surface area contributed by atoms with Crippen LogP contribution in [0.2, 0.25) is 0 Å². The smallest absolute Gasteiger partial charge is 0.251 e. The lowest BCUT2D eigenvalue weighted by molar-refractivity contribution is 0.0965. The summed E-state index contributed by atoms with van der Waals surface area (Å²) in [6.07, 6.45) is 4.23.